The molecule has 0 aliphatic rings. The van der Waals surface area contributed by atoms with Crippen molar-refractivity contribution in [3.8, 4) is 5.69 Å². The van der Waals surface area contributed by atoms with Gasteiger partial charge in [0, 0.05) is 29.9 Å². The highest BCUT2D eigenvalue weighted by atomic mass is 19.4. The number of carbonyl (C=O) groups excluding carboxylic acids is 1. The lowest BCUT2D eigenvalue weighted by molar-refractivity contribution is -0.137. The van der Waals surface area contributed by atoms with Crippen molar-refractivity contribution in [1.82, 2.24) is 14.5 Å². The van der Waals surface area contributed by atoms with Gasteiger partial charge in [0.15, 0.2) is 0 Å². The van der Waals surface area contributed by atoms with Gasteiger partial charge in [-0.2, -0.15) is 13.2 Å². The molecule has 0 radical (unpaired) electrons. The van der Waals surface area contributed by atoms with Gasteiger partial charge in [0.05, 0.1) is 16.6 Å². The van der Waals surface area contributed by atoms with Gasteiger partial charge < -0.3 is 4.90 Å². The van der Waals surface area contributed by atoms with Crippen LogP contribution in [-0.4, -0.2) is 32.9 Å². The van der Waals surface area contributed by atoms with Crippen LogP contribution >= 0.6 is 0 Å². The lowest BCUT2D eigenvalue weighted by Gasteiger charge is -2.23. The third-order valence-corrected chi connectivity index (χ3v) is 4.69. The number of fused-ring (bicyclic) bond motifs is 1. The summed E-state index contributed by atoms with van der Waals surface area (Å²) in [6.07, 6.45) is -0.261. The van der Waals surface area contributed by atoms with Crippen molar-refractivity contribution < 1.29 is 18.0 Å². The van der Waals surface area contributed by atoms with Crippen LogP contribution in [0.3, 0.4) is 0 Å². The molecule has 0 saturated heterocycles. The molecule has 29 heavy (non-hydrogen) atoms. The van der Waals surface area contributed by atoms with Gasteiger partial charge in [0.1, 0.15) is 6.33 Å². The molecule has 0 aliphatic heterocycles. The van der Waals surface area contributed by atoms with Gasteiger partial charge in [0.2, 0.25) is 5.91 Å². The van der Waals surface area contributed by atoms with E-state index in [-0.39, 0.29) is 23.0 Å². The number of hydrogen-bond donors (Lipinski definition) is 0. The lowest BCUT2D eigenvalue weighted by atomic mass is 10.1. The van der Waals surface area contributed by atoms with Crippen LogP contribution < -0.4 is 0 Å². The highest BCUT2D eigenvalue weighted by Crippen LogP contribution is 2.34. The van der Waals surface area contributed by atoms with Crippen LogP contribution in [0.1, 0.15) is 31.9 Å². The van der Waals surface area contributed by atoms with E-state index in [0.717, 1.165) is 17.8 Å². The van der Waals surface area contributed by atoms with Crippen LogP contribution in [0.4, 0.5) is 13.2 Å². The molecular formula is C22H22F3N3O. The van der Waals surface area contributed by atoms with Gasteiger partial charge in [-0.25, -0.2) is 4.98 Å². The quantitative estimate of drug-likeness (QED) is 0.543. The van der Waals surface area contributed by atoms with Gasteiger partial charge in [-0.05, 0) is 51.1 Å². The summed E-state index contributed by atoms with van der Waals surface area (Å²) in [7, 11) is 0. The zero-order valence-corrected chi connectivity index (χ0v) is 16.4. The van der Waals surface area contributed by atoms with Crippen LogP contribution in [-0.2, 0) is 11.0 Å². The maximum atomic E-state index is 13.4. The zero-order chi connectivity index (χ0) is 21.2. The average molecular weight is 401 g/mol. The molecule has 1 amide bonds. The molecule has 0 unspecified atom stereocenters. The van der Waals surface area contributed by atoms with Crippen LogP contribution in [0.2, 0.25) is 0 Å². The van der Waals surface area contributed by atoms with Crippen molar-refractivity contribution in [3.05, 3.63) is 66.0 Å². The summed E-state index contributed by atoms with van der Waals surface area (Å²) < 4.78 is 41.9. The molecule has 0 N–H and O–H groups in total. The van der Waals surface area contributed by atoms with Crippen molar-refractivity contribution >= 4 is 23.0 Å². The molecular weight excluding hydrogens is 379 g/mol. The molecule has 0 saturated carbocycles. The summed E-state index contributed by atoms with van der Waals surface area (Å²) >= 11 is 0. The summed E-state index contributed by atoms with van der Waals surface area (Å²) in [5, 5.41) is 0. The first-order valence-corrected chi connectivity index (χ1v) is 9.34. The number of aromatic nitrogens is 2. The number of halogens is 3. The molecule has 1 heterocycles. The monoisotopic (exact) mass is 401 g/mol. The van der Waals surface area contributed by atoms with Crippen molar-refractivity contribution in [3.63, 3.8) is 0 Å². The second-order valence-electron chi connectivity index (χ2n) is 6.93. The number of rotatable bonds is 5. The summed E-state index contributed by atoms with van der Waals surface area (Å²) in [5.41, 5.74) is 0.983. The molecule has 2 aromatic carbocycles. The Morgan fingerprint density at radius 1 is 1.21 bits per heavy atom. The van der Waals surface area contributed by atoms with E-state index < -0.39 is 11.7 Å². The Hall–Kier alpha value is -3.09. The molecule has 3 rings (SSSR count). The highest BCUT2D eigenvalue weighted by molar-refractivity contribution is 5.95. The number of benzene rings is 2. The zero-order valence-electron chi connectivity index (χ0n) is 16.4. The predicted octanol–water partition coefficient (Wildman–Crippen LogP) is 5.31. The van der Waals surface area contributed by atoms with Crippen molar-refractivity contribution in [1.29, 1.82) is 0 Å². The molecule has 152 valence electrons. The number of imidazole rings is 1. The minimum Gasteiger partial charge on any atom is -0.337 e. The number of hydrogen-bond acceptors (Lipinski definition) is 2. The second-order valence-corrected chi connectivity index (χ2v) is 6.93. The molecule has 1 aromatic heterocycles. The Kier molecular flexibility index (Phi) is 5.77. The summed E-state index contributed by atoms with van der Waals surface area (Å²) in [6, 6.07) is 11.3. The van der Waals surface area contributed by atoms with Gasteiger partial charge in [-0.15, -0.1) is 0 Å². The minimum atomic E-state index is -4.51. The molecule has 0 spiro atoms. The fourth-order valence-corrected chi connectivity index (χ4v) is 3.29. The van der Waals surface area contributed by atoms with Crippen LogP contribution in [0.25, 0.3) is 22.8 Å². The van der Waals surface area contributed by atoms with E-state index >= 15 is 0 Å². The Bertz CT molecular complexity index is 1040. The second kappa shape index (κ2) is 8.11. The van der Waals surface area contributed by atoms with Crippen molar-refractivity contribution in [2.24, 2.45) is 0 Å². The van der Waals surface area contributed by atoms with Gasteiger partial charge >= 0.3 is 6.18 Å². The molecule has 4 nitrogen and oxygen atoms in total. The molecule has 3 aromatic rings. The summed E-state index contributed by atoms with van der Waals surface area (Å²) in [5.74, 6) is -0.251. The third kappa shape index (κ3) is 4.34. The topological polar surface area (TPSA) is 38.1 Å². The van der Waals surface area contributed by atoms with E-state index in [4.69, 9.17) is 0 Å². The van der Waals surface area contributed by atoms with E-state index in [9.17, 15) is 18.0 Å². The molecule has 0 atom stereocenters. The first-order valence-electron chi connectivity index (χ1n) is 9.34. The third-order valence-electron chi connectivity index (χ3n) is 4.69. The van der Waals surface area contributed by atoms with Gasteiger partial charge in [-0.3, -0.25) is 9.36 Å². The largest absolute Gasteiger partial charge is 0.416 e. The Labute approximate surface area is 167 Å². The number of alkyl halides is 3. The molecule has 0 bridgehead atoms. The maximum absolute atomic E-state index is 13.4. The first kappa shape index (κ1) is 20.6. The smallest absolute Gasteiger partial charge is 0.337 e. The van der Waals surface area contributed by atoms with Crippen LogP contribution in [0, 0.1) is 0 Å². The number of likely N-dealkylation sites (N-methyl/N-ethyl adjacent to an activating group) is 1. The van der Waals surface area contributed by atoms with Crippen molar-refractivity contribution in [2.75, 3.05) is 6.54 Å². The molecule has 0 fully saturated rings. The standard InChI is InChI=1S/C22H22F3N3O/c1-4-27(15(2)3)20(29)11-10-16-12-17(22(23,24)25)13-19-21(16)28(14-26-19)18-8-6-5-7-9-18/h5-15H,4H2,1-3H3/b11-10+. The summed E-state index contributed by atoms with van der Waals surface area (Å²) in [6.45, 7) is 6.16. The van der Waals surface area contributed by atoms with Crippen molar-refractivity contribution in [2.45, 2.75) is 33.0 Å². The predicted molar refractivity (Wildman–Crippen MR) is 108 cm³/mol. The first-order chi connectivity index (χ1) is 13.7. The number of carbonyl (C=O) groups is 1. The summed E-state index contributed by atoms with van der Waals surface area (Å²) in [4.78, 5) is 18.3. The minimum absolute atomic E-state index is 0.00600. The number of para-hydroxylation sites is 1. The van der Waals surface area contributed by atoms with E-state index in [1.54, 1.807) is 9.47 Å². The van der Waals surface area contributed by atoms with E-state index in [2.05, 4.69) is 4.98 Å². The fourth-order valence-electron chi connectivity index (χ4n) is 3.29. The Morgan fingerprint density at radius 2 is 1.90 bits per heavy atom. The fraction of sp³-hybridized carbons (Fsp3) is 0.273. The number of amides is 1. The van der Waals surface area contributed by atoms with E-state index in [1.807, 2.05) is 51.1 Å². The Morgan fingerprint density at radius 3 is 2.48 bits per heavy atom. The van der Waals surface area contributed by atoms with Gasteiger partial charge in [0.25, 0.3) is 0 Å². The van der Waals surface area contributed by atoms with E-state index in [0.29, 0.717) is 12.1 Å². The molecule has 7 heteroatoms. The van der Waals surface area contributed by atoms with Crippen LogP contribution in [0.15, 0.2) is 54.9 Å². The normalized spacial score (nSPS) is 12.2. The van der Waals surface area contributed by atoms with E-state index in [1.165, 1.54) is 18.5 Å². The Balaban J connectivity index is 2.16. The van der Waals surface area contributed by atoms with Crippen LogP contribution in [0.5, 0.6) is 0 Å². The maximum Gasteiger partial charge on any atom is 0.416 e. The average Bonchev–Trinajstić information content (AvgIpc) is 3.10. The molecule has 0 aliphatic carbocycles. The SMILES string of the molecule is CCN(C(=O)/C=C/c1cc(C(F)(F)F)cc2ncn(-c3ccccc3)c12)C(C)C. The lowest BCUT2D eigenvalue weighted by Crippen LogP contribution is -2.35. The van der Waals surface area contributed by atoms with Gasteiger partial charge in [-0.1, -0.05) is 18.2 Å². The highest BCUT2D eigenvalue weighted by Gasteiger charge is 2.32. The number of nitrogens with zero attached hydrogens (tertiary/aromatic N) is 3.